The number of sulfonamides is 1. The molecule has 0 heterocycles. The Morgan fingerprint density at radius 3 is 2.29 bits per heavy atom. The fourth-order valence-corrected chi connectivity index (χ4v) is 3.58. The fraction of sp³-hybridized carbons (Fsp3) is 0.188. The quantitative estimate of drug-likeness (QED) is 0.528. The van der Waals surface area contributed by atoms with Crippen molar-refractivity contribution in [2.24, 2.45) is 0 Å². The molecule has 0 bridgehead atoms. The van der Waals surface area contributed by atoms with E-state index in [0.29, 0.717) is 5.56 Å². The SMILES string of the molecule is COC(=O)C(Cc1ccc(F)cc1)NS(=O)(=O)c1ccc(I)cc1. The Balaban J connectivity index is 2.23. The number of rotatable bonds is 6. The largest absolute Gasteiger partial charge is 0.468 e. The van der Waals surface area contributed by atoms with Gasteiger partial charge in [-0.05, 0) is 71.0 Å². The summed E-state index contributed by atoms with van der Waals surface area (Å²) in [5, 5.41) is 0. The molecule has 1 N–H and O–H groups in total. The maximum Gasteiger partial charge on any atom is 0.324 e. The molecule has 24 heavy (non-hydrogen) atoms. The molecule has 2 aromatic rings. The van der Waals surface area contributed by atoms with Gasteiger partial charge in [-0.2, -0.15) is 4.72 Å². The molecule has 5 nitrogen and oxygen atoms in total. The molecule has 0 saturated heterocycles. The Morgan fingerprint density at radius 1 is 1.17 bits per heavy atom. The van der Waals surface area contributed by atoms with E-state index in [-0.39, 0.29) is 11.3 Å². The zero-order valence-electron chi connectivity index (χ0n) is 12.7. The molecule has 0 aromatic heterocycles. The van der Waals surface area contributed by atoms with Gasteiger partial charge in [0, 0.05) is 3.57 Å². The summed E-state index contributed by atoms with van der Waals surface area (Å²) < 4.78 is 45.7. The van der Waals surface area contributed by atoms with Crippen LogP contribution in [0.25, 0.3) is 0 Å². The molecule has 0 aliphatic heterocycles. The van der Waals surface area contributed by atoms with E-state index < -0.39 is 27.9 Å². The maximum atomic E-state index is 13.0. The second-order valence-electron chi connectivity index (χ2n) is 4.98. The Bertz CT molecular complexity index is 807. The molecule has 0 spiro atoms. The first-order valence-corrected chi connectivity index (χ1v) is 9.48. The molecule has 8 heteroatoms. The van der Waals surface area contributed by atoms with E-state index in [0.717, 1.165) is 3.57 Å². The number of esters is 1. The van der Waals surface area contributed by atoms with Crippen molar-refractivity contribution in [1.82, 2.24) is 4.72 Å². The minimum atomic E-state index is -3.89. The molecule has 1 unspecified atom stereocenters. The van der Waals surface area contributed by atoms with Crippen LogP contribution in [0, 0.1) is 9.39 Å². The molecular formula is C16H15FINO4S. The summed E-state index contributed by atoms with van der Waals surface area (Å²) in [7, 11) is -2.71. The molecule has 1 atom stereocenters. The molecule has 0 radical (unpaired) electrons. The van der Waals surface area contributed by atoms with Crippen LogP contribution in [0.5, 0.6) is 0 Å². The molecule has 2 aromatic carbocycles. The van der Waals surface area contributed by atoms with Gasteiger partial charge in [0.05, 0.1) is 12.0 Å². The second-order valence-corrected chi connectivity index (χ2v) is 7.94. The van der Waals surface area contributed by atoms with E-state index in [9.17, 15) is 17.6 Å². The summed E-state index contributed by atoms with van der Waals surface area (Å²) in [5.74, 6) is -1.12. The third-order valence-corrected chi connectivity index (χ3v) is 5.47. The van der Waals surface area contributed by atoms with Crippen molar-refractivity contribution in [3.63, 3.8) is 0 Å². The number of hydrogen-bond donors (Lipinski definition) is 1. The van der Waals surface area contributed by atoms with Gasteiger partial charge in [0.1, 0.15) is 11.9 Å². The lowest BCUT2D eigenvalue weighted by atomic mass is 10.1. The smallest absolute Gasteiger partial charge is 0.324 e. The average Bonchev–Trinajstić information content (AvgIpc) is 2.55. The van der Waals surface area contributed by atoms with Crippen LogP contribution in [0.1, 0.15) is 5.56 Å². The van der Waals surface area contributed by atoms with Gasteiger partial charge in [0.15, 0.2) is 0 Å². The van der Waals surface area contributed by atoms with Crippen LogP contribution in [-0.4, -0.2) is 27.5 Å². The summed E-state index contributed by atoms with van der Waals surface area (Å²) >= 11 is 2.06. The van der Waals surface area contributed by atoms with Crippen molar-refractivity contribution in [3.05, 3.63) is 63.5 Å². The fourth-order valence-electron chi connectivity index (χ4n) is 2.04. The Morgan fingerprint density at radius 2 is 1.75 bits per heavy atom. The van der Waals surface area contributed by atoms with E-state index in [4.69, 9.17) is 0 Å². The number of nitrogens with one attached hydrogen (secondary N) is 1. The lowest BCUT2D eigenvalue weighted by molar-refractivity contribution is -0.142. The molecule has 0 aliphatic rings. The first kappa shape index (κ1) is 18.8. The van der Waals surface area contributed by atoms with E-state index >= 15 is 0 Å². The van der Waals surface area contributed by atoms with Gasteiger partial charge in [-0.1, -0.05) is 12.1 Å². The number of carbonyl (C=O) groups is 1. The Kier molecular flexibility index (Phi) is 6.30. The highest BCUT2D eigenvalue weighted by atomic mass is 127. The first-order valence-electron chi connectivity index (χ1n) is 6.92. The molecule has 0 saturated carbocycles. The summed E-state index contributed by atoms with van der Waals surface area (Å²) in [6.07, 6.45) is 0.0521. The Hall–Kier alpha value is -1.52. The van der Waals surface area contributed by atoms with Gasteiger partial charge < -0.3 is 4.74 Å². The van der Waals surface area contributed by atoms with Crippen LogP contribution < -0.4 is 4.72 Å². The molecule has 128 valence electrons. The van der Waals surface area contributed by atoms with E-state index in [1.807, 2.05) is 0 Å². The van der Waals surface area contributed by atoms with Gasteiger partial charge in [-0.25, -0.2) is 12.8 Å². The predicted molar refractivity (Wildman–Crippen MR) is 95.4 cm³/mol. The highest BCUT2D eigenvalue weighted by Gasteiger charge is 2.26. The highest BCUT2D eigenvalue weighted by molar-refractivity contribution is 14.1. The minimum Gasteiger partial charge on any atom is -0.468 e. The van der Waals surface area contributed by atoms with Gasteiger partial charge in [0.2, 0.25) is 10.0 Å². The first-order chi connectivity index (χ1) is 11.3. The molecular weight excluding hydrogens is 448 g/mol. The van der Waals surface area contributed by atoms with Crippen LogP contribution in [-0.2, 0) is 26.0 Å². The van der Waals surface area contributed by atoms with Crippen LogP contribution >= 0.6 is 22.6 Å². The Labute approximate surface area is 153 Å². The van der Waals surface area contributed by atoms with Crippen molar-refractivity contribution in [1.29, 1.82) is 0 Å². The van der Waals surface area contributed by atoms with Crippen LogP contribution in [0.15, 0.2) is 53.4 Å². The van der Waals surface area contributed by atoms with E-state index in [2.05, 4.69) is 32.0 Å². The monoisotopic (exact) mass is 463 g/mol. The van der Waals surface area contributed by atoms with Crippen molar-refractivity contribution in [2.75, 3.05) is 7.11 Å². The summed E-state index contributed by atoms with van der Waals surface area (Å²) in [5.41, 5.74) is 0.608. The summed E-state index contributed by atoms with van der Waals surface area (Å²) in [6, 6.07) is 10.6. The predicted octanol–water partition coefficient (Wildman–Crippen LogP) is 2.49. The van der Waals surface area contributed by atoms with Gasteiger partial charge >= 0.3 is 5.97 Å². The highest BCUT2D eigenvalue weighted by Crippen LogP contribution is 2.14. The van der Waals surface area contributed by atoms with Crippen LogP contribution in [0.2, 0.25) is 0 Å². The molecule has 0 amide bonds. The number of halogens is 2. The van der Waals surface area contributed by atoms with E-state index in [1.54, 1.807) is 12.1 Å². The van der Waals surface area contributed by atoms with Crippen LogP contribution in [0.4, 0.5) is 4.39 Å². The second kappa shape index (κ2) is 8.04. The van der Waals surface area contributed by atoms with Crippen molar-refractivity contribution in [2.45, 2.75) is 17.4 Å². The van der Waals surface area contributed by atoms with Gasteiger partial charge in [-0.15, -0.1) is 0 Å². The number of carbonyl (C=O) groups excluding carboxylic acids is 1. The maximum absolute atomic E-state index is 13.0. The van der Waals surface area contributed by atoms with Crippen molar-refractivity contribution in [3.8, 4) is 0 Å². The third-order valence-electron chi connectivity index (χ3n) is 3.26. The standard InChI is InChI=1S/C16H15FINO4S/c1-23-16(20)15(10-11-2-4-12(17)5-3-11)19-24(21,22)14-8-6-13(18)7-9-14/h2-9,15,19H,10H2,1H3. The van der Waals surface area contributed by atoms with Gasteiger partial charge in [-0.3, -0.25) is 4.79 Å². The van der Waals surface area contributed by atoms with Crippen molar-refractivity contribution < 1.29 is 22.3 Å². The van der Waals surface area contributed by atoms with Crippen LogP contribution in [0.3, 0.4) is 0 Å². The average molecular weight is 463 g/mol. The summed E-state index contributed by atoms with van der Waals surface area (Å²) in [4.78, 5) is 12.0. The van der Waals surface area contributed by atoms with E-state index in [1.165, 1.54) is 43.5 Å². The number of ether oxygens (including phenoxy) is 1. The zero-order chi connectivity index (χ0) is 17.7. The van der Waals surface area contributed by atoms with Gasteiger partial charge in [0.25, 0.3) is 0 Å². The van der Waals surface area contributed by atoms with Crippen molar-refractivity contribution >= 4 is 38.6 Å². The number of hydrogen-bond acceptors (Lipinski definition) is 4. The summed E-state index contributed by atoms with van der Waals surface area (Å²) in [6.45, 7) is 0. The topological polar surface area (TPSA) is 72.5 Å². The zero-order valence-corrected chi connectivity index (χ0v) is 15.7. The normalized spacial score (nSPS) is 12.6. The molecule has 0 fully saturated rings. The molecule has 0 aliphatic carbocycles. The lowest BCUT2D eigenvalue weighted by Gasteiger charge is -2.17. The molecule has 2 rings (SSSR count). The number of benzene rings is 2. The third kappa shape index (κ3) is 4.99. The minimum absolute atomic E-state index is 0.0518. The lowest BCUT2D eigenvalue weighted by Crippen LogP contribution is -2.42. The number of methoxy groups -OCH3 is 1.